The van der Waals surface area contributed by atoms with Crippen molar-refractivity contribution in [2.75, 3.05) is 6.61 Å². The molecule has 0 radical (unpaired) electrons. The second-order valence-corrected chi connectivity index (χ2v) is 5.28. The molecule has 0 saturated heterocycles. The van der Waals surface area contributed by atoms with E-state index in [1.165, 1.54) is 0 Å². The molecule has 1 heterocycles. The van der Waals surface area contributed by atoms with Crippen molar-refractivity contribution < 1.29 is 19.1 Å². The summed E-state index contributed by atoms with van der Waals surface area (Å²) in [5.41, 5.74) is 6.88. The summed E-state index contributed by atoms with van der Waals surface area (Å²) in [6.45, 7) is 1.16. The molecule has 0 saturated carbocycles. The van der Waals surface area contributed by atoms with Gasteiger partial charge in [0, 0.05) is 18.6 Å². The summed E-state index contributed by atoms with van der Waals surface area (Å²) in [5, 5.41) is 0. The highest BCUT2D eigenvalue weighted by atomic mass is 16.5. The Morgan fingerprint density at radius 1 is 1.27 bits per heavy atom. The molecule has 1 unspecified atom stereocenters. The fourth-order valence-electron chi connectivity index (χ4n) is 2.28. The summed E-state index contributed by atoms with van der Waals surface area (Å²) in [4.78, 5) is 22.4. The van der Waals surface area contributed by atoms with Gasteiger partial charge in [0.2, 0.25) is 5.91 Å². The van der Waals surface area contributed by atoms with E-state index >= 15 is 0 Å². The monoisotopic (exact) mass is 303 g/mol. The van der Waals surface area contributed by atoms with Gasteiger partial charge in [0.25, 0.3) is 0 Å². The lowest BCUT2D eigenvalue weighted by Crippen LogP contribution is -2.15. The van der Waals surface area contributed by atoms with E-state index in [0.717, 1.165) is 12.0 Å². The van der Waals surface area contributed by atoms with Crippen LogP contribution in [0.5, 0.6) is 0 Å². The van der Waals surface area contributed by atoms with E-state index in [1.54, 1.807) is 6.08 Å². The predicted molar refractivity (Wildman–Crippen MR) is 81.7 cm³/mol. The average Bonchev–Trinajstić information content (AvgIpc) is 2.86. The largest absolute Gasteiger partial charge is 0.455 e. The van der Waals surface area contributed by atoms with Gasteiger partial charge in [0.05, 0.1) is 6.61 Å². The maximum atomic E-state index is 11.7. The molecule has 118 valence electrons. The number of amides is 1. The van der Waals surface area contributed by atoms with Crippen LogP contribution in [0.4, 0.5) is 0 Å². The average molecular weight is 303 g/mol. The number of nitrogens with two attached hydrogens (primary N) is 1. The molecule has 1 aromatic carbocycles. The van der Waals surface area contributed by atoms with Crippen LogP contribution < -0.4 is 5.73 Å². The van der Waals surface area contributed by atoms with Crippen LogP contribution in [0.2, 0.25) is 0 Å². The van der Waals surface area contributed by atoms with E-state index < -0.39 is 0 Å². The molecule has 0 fully saturated rings. The Morgan fingerprint density at radius 2 is 2.05 bits per heavy atom. The van der Waals surface area contributed by atoms with Crippen molar-refractivity contribution in [3.05, 3.63) is 47.5 Å². The summed E-state index contributed by atoms with van der Waals surface area (Å²) < 4.78 is 10.8. The van der Waals surface area contributed by atoms with Gasteiger partial charge in [-0.3, -0.25) is 4.79 Å². The normalized spacial score (nSPS) is 17.2. The molecule has 2 rings (SSSR count). The van der Waals surface area contributed by atoms with Crippen LogP contribution in [0.25, 0.3) is 0 Å². The molecule has 1 amide bonds. The van der Waals surface area contributed by atoms with Crippen LogP contribution >= 0.6 is 0 Å². The number of cyclic esters (lactones) is 1. The molecule has 5 heteroatoms. The fourth-order valence-corrected chi connectivity index (χ4v) is 2.28. The van der Waals surface area contributed by atoms with Crippen LogP contribution in [0, 0.1) is 0 Å². The van der Waals surface area contributed by atoms with Crippen LogP contribution in [0.3, 0.4) is 0 Å². The van der Waals surface area contributed by atoms with Crippen LogP contribution in [0.1, 0.15) is 31.2 Å². The van der Waals surface area contributed by atoms with Crippen molar-refractivity contribution in [1.82, 2.24) is 0 Å². The first kappa shape index (κ1) is 16.2. The number of hydrogen-bond acceptors (Lipinski definition) is 4. The quantitative estimate of drug-likeness (QED) is 0.560. The molecular formula is C17H21NO4. The number of carbonyl (C=O) groups is 2. The SMILES string of the molecule is NC(=O)CCC1C=C(CCCOCc2ccccc2)C(=O)O1. The number of primary amides is 1. The van der Waals surface area contributed by atoms with Gasteiger partial charge in [0.1, 0.15) is 6.10 Å². The summed E-state index contributed by atoms with van der Waals surface area (Å²) in [5.74, 6) is -0.676. The molecule has 0 aromatic heterocycles. The topological polar surface area (TPSA) is 78.6 Å². The Morgan fingerprint density at radius 3 is 2.77 bits per heavy atom. The first-order chi connectivity index (χ1) is 10.6. The lowest BCUT2D eigenvalue weighted by molar-refractivity contribution is -0.140. The zero-order valence-electron chi connectivity index (χ0n) is 12.5. The summed E-state index contributed by atoms with van der Waals surface area (Å²) in [6.07, 6.45) is 3.54. The van der Waals surface area contributed by atoms with Crippen molar-refractivity contribution >= 4 is 11.9 Å². The molecule has 1 aliphatic heterocycles. The lowest BCUT2D eigenvalue weighted by Gasteiger charge is -2.05. The minimum absolute atomic E-state index is 0.224. The molecule has 1 aliphatic rings. The third kappa shape index (κ3) is 5.33. The van der Waals surface area contributed by atoms with Crippen molar-refractivity contribution in [2.24, 2.45) is 5.73 Å². The molecule has 1 aromatic rings. The molecule has 22 heavy (non-hydrogen) atoms. The number of carbonyl (C=O) groups excluding carboxylic acids is 2. The highest BCUT2D eigenvalue weighted by Crippen LogP contribution is 2.21. The first-order valence-electron chi connectivity index (χ1n) is 7.47. The van der Waals surface area contributed by atoms with Gasteiger partial charge in [-0.2, -0.15) is 0 Å². The van der Waals surface area contributed by atoms with Crippen molar-refractivity contribution in [2.45, 2.75) is 38.4 Å². The zero-order valence-corrected chi connectivity index (χ0v) is 12.5. The van der Waals surface area contributed by atoms with Crippen molar-refractivity contribution in [3.63, 3.8) is 0 Å². The number of benzene rings is 1. The van der Waals surface area contributed by atoms with Gasteiger partial charge in [-0.05, 0) is 30.9 Å². The molecule has 2 N–H and O–H groups in total. The van der Waals surface area contributed by atoms with Gasteiger partial charge >= 0.3 is 5.97 Å². The van der Waals surface area contributed by atoms with Crippen LogP contribution in [-0.2, 0) is 25.7 Å². The number of esters is 1. The van der Waals surface area contributed by atoms with E-state index in [0.29, 0.717) is 31.6 Å². The minimum Gasteiger partial charge on any atom is -0.455 e. The minimum atomic E-state index is -0.382. The fraction of sp³-hybridized carbons (Fsp3) is 0.412. The van der Waals surface area contributed by atoms with Gasteiger partial charge in [-0.1, -0.05) is 30.3 Å². The summed E-state index contributed by atoms with van der Waals surface area (Å²) in [7, 11) is 0. The predicted octanol–water partition coefficient (Wildman–Crippen LogP) is 2.10. The zero-order chi connectivity index (χ0) is 15.8. The highest BCUT2D eigenvalue weighted by Gasteiger charge is 2.24. The number of ether oxygens (including phenoxy) is 2. The molecule has 0 aliphatic carbocycles. The van der Waals surface area contributed by atoms with Gasteiger partial charge in [-0.15, -0.1) is 0 Å². The Bertz CT molecular complexity index is 539. The Hall–Kier alpha value is -2.14. The molecule has 0 spiro atoms. The highest BCUT2D eigenvalue weighted by molar-refractivity contribution is 5.90. The second-order valence-electron chi connectivity index (χ2n) is 5.28. The van der Waals surface area contributed by atoms with Crippen molar-refractivity contribution in [3.8, 4) is 0 Å². The van der Waals surface area contributed by atoms with Gasteiger partial charge in [-0.25, -0.2) is 4.79 Å². The smallest absolute Gasteiger partial charge is 0.334 e. The van der Waals surface area contributed by atoms with E-state index in [4.69, 9.17) is 15.2 Å². The van der Waals surface area contributed by atoms with E-state index in [-0.39, 0.29) is 24.4 Å². The van der Waals surface area contributed by atoms with Crippen LogP contribution in [0.15, 0.2) is 42.0 Å². The lowest BCUT2D eigenvalue weighted by atomic mass is 10.1. The molecule has 0 bridgehead atoms. The summed E-state index contributed by atoms with van der Waals surface area (Å²) >= 11 is 0. The Labute approximate surface area is 130 Å². The summed E-state index contributed by atoms with van der Waals surface area (Å²) in [6, 6.07) is 9.95. The Balaban J connectivity index is 1.64. The van der Waals surface area contributed by atoms with Crippen molar-refractivity contribution in [1.29, 1.82) is 0 Å². The van der Waals surface area contributed by atoms with E-state index in [1.807, 2.05) is 30.3 Å². The molecule has 5 nitrogen and oxygen atoms in total. The molecular weight excluding hydrogens is 282 g/mol. The Kier molecular flexibility index (Phi) is 6.15. The maximum Gasteiger partial charge on any atom is 0.334 e. The van der Waals surface area contributed by atoms with Crippen LogP contribution in [-0.4, -0.2) is 24.6 Å². The standard InChI is InChI=1S/C17H21NO4/c18-16(19)9-8-15-11-14(17(20)22-15)7-4-10-21-12-13-5-2-1-3-6-13/h1-3,5-6,11,15H,4,7-10,12H2,(H2,18,19). The second kappa shape index (κ2) is 8.34. The number of hydrogen-bond donors (Lipinski definition) is 1. The first-order valence-corrected chi connectivity index (χ1v) is 7.47. The molecule has 1 atom stereocenters. The van der Waals surface area contributed by atoms with E-state index in [2.05, 4.69) is 0 Å². The van der Waals surface area contributed by atoms with E-state index in [9.17, 15) is 9.59 Å². The van der Waals surface area contributed by atoms with Gasteiger partial charge < -0.3 is 15.2 Å². The number of rotatable bonds is 9. The maximum absolute atomic E-state index is 11.7. The van der Waals surface area contributed by atoms with Gasteiger partial charge in [0.15, 0.2) is 0 Å². The third-order valence-electron chi connectivity index (χ3n) is 3.43. The third-order valence-corrected chi connectivity index (χ3v) is 3.43.